The molecule has 1 aliphatic heterocycles. The van der Waals surface area contributed by atoms with E-state index in [2.05, 4.69) is 5.32 Å². The third-order valence-corrected chi connectivity index (χ3v) is 3.67. The highest BCUT2D eigenvalue weighted by atomic mass is 35.5. The first-order chi connectivity index (χ1) is 9.94. The summed E-state index contributed by atoms with van der Waals surface area (Å²) >= 11 is 6.08. The van der Waals surface area contributed by atoms with Gasteiger partial charge >= 0.3 is 0 Å². The second-order valence-electron chi connectivity index (χ2n) is 4.86. The van der Waals surface area contributed by atoms with E-state index in [1.165, 1.54) is 6.07 Å². The van der Waals surface area contributed by atoms with E-state index in [1.807, 2.05) is 0 Å². The lowest BCUT2D eigenvalue weighted by Crippen LogP contribution is -2.03. The lowest BCUT2D eigenvalue weighted by atomic mass is 9.98. The summed E-state index contributed by atoms with van der Waals surface area (Å²) in [5, 5.41) is 13.1. The van der Waals surface area contributed by atoms with Crippen LogP contribution in [0.25, 0.3) is 0 Å². The third-order valence-electron chi connectivity index (χ3n) is 3.34. The van der Waals surface area contributed by atoms with E-state index in [-0.39, 0.29) is 22.9 Å². The largest absolute Gasteiger partial charge is 0.384 e. The van der Waals surface area contributed by atoms with E-state index in [0.29, 0.717) is 16.8 Å². The molecule has 1 heterocycles. The van der Waals surface area contributed by atoms with Crippen molar-refractivity contribution in [1.29, 1.82) is 0 Å². The van der Waals surface area contributed by atoms with E-state index in [9.17, 15) is 18.7 Å². The number of benzene rings is 2. The zero-order valence-electron chi connectivity index (χ0n) is 10.7. The summed E-state index contributed by atoms with van der Waals surface area (Å²) in [7, 11) is 0. The van der Waals surface area contributed by atoms with Gasteiger partial charge in [0.1, 0.15) is 17.7 Å². The Morgan fingerprint density at radius 2 is 1.81 bits per heavy atom. The minimum absolute atomic E-state index is 0.0617. The molecule has 0 aromatic heterocycles. The Labute approximate surface area is 124 Å². The number of carbonyl (C=O) groups excluding carboxylic acids is 1. The van der Waals surface area contributed by atoms with Crippen molar-refractivity contribution >= 4 is 23.2 Å². The van der Waals surface area contributed by atoms with Gasteiger partial charge in [-0.2, -0.15) is 0 Å². The zero-order chi connectivity index (χ0) is 15.1. The van der Waals surface area contributed by atoms with Crippen molar-refractivity contribution in [2.75, 3.05) is 5.32 Å². The molecule has 0 fully saturated rings. The van der Waals surface area contributed by atoms with E-state index in [4.69, 9.17) is 11.6 Å². The van der Waals surface area contributed by atoms with Gasteiger partial charge in [0.25, 0.3) is 0 Å². The second kappa shape index (κ2) is 5.09. The molecule has 1 amide bonds. The molecule has 2 aromatic carbocycles. The van der Waals surface area contributed by atoms with Crippen LogP contribution in [0.15, 0.2) is 30.3 Å². The Morgan fingerprint density at radius 1 is 1.14 bits per heavy atom. The first kappa shape index (κ1) is 14.0. The summed E-state index contributed by atoms with van der Waals surface area (Å²) in [6.45, 7) is 0. The molecule has 0 saturated heterocycles. The molecule has 3 rings (SSSR count). The van der Waals surface area contributed by atoms with Crippen molar-refractivity contribution < 1.29 is 18.7 Å². The topological polar surface area (TPSA) is 49.3 Å². The van der Waals surface area contributed by atoms with Crippen LogP contribution in [-0.4, -0.2) is 11.0 Å². The van der Waals surface area contributed by atoms with Crippen molar-refractivity contribution in [2.45, 2.75) is 12.5 Å². The second-order valence-corrected chi connectivity index (χ2v) is 5.27. The fourth-order valence-electron chi connectivity index (χ4n) is 2.39. The molecule has 3 nitrogen and oxygen atoms in total. The molecule has 2 N–H and O–H groups in total. The van der Waals surface area contributed by atoms with Gasteiger partial charge in [0, 0.05) is 22.3 Å². The molecule has 0 bridgehead atoms. The number of halogens is 3. The zero-order valence-corrected chi connectivity index (χ0v) is 11.4. The van der Waals surface area contributed by atoms with Gasteiger partial charge in [0.2, 0.25) is 5.91 Å². The maximum absolute atomic E-state index is 13.2. The van der Waals surface area contributed by atoms with E-state index in [1.54, 1.807) is 6.07 Å². The quantitative estimate of drug-likeness (QED) is 0.895. The molecule has 1 aliphatic rings. The highest BCUT2D eigenvalue weighted by molar-refractivity contribution is 6.32. The number of amides is 1. The van der Waals surface area contributed by atoms with Crippen molar-refractivity contribution in [3.63, 3.8) is 0 Å². The Kier molecular flexibility index (Phi) is 3.39. The molecule has 0 aliphatic carbocycles. The molecule has 6 heteroatoms. The molecule has 21 heavy (non-hydrogen) atoms. The number of anilines is 1. The van der Waals surface area contributed by atoms with Crippen molar-refractivity contribution in [1.82, 2.24) is 0 Å². The van der Waals surface area contributed by atoms with Gasteiger partial charge in [-0.3, -0.25) is 4.79 Å². The van der Waals surface area contributed by atoms with Gasteiger partial charge < -0.3 is 10.4 Å². The minimum Gasteiger partial charge on any atom is -0.384 e. The highest BCUT2D eigenvalue weighted by Gasteiger charge is 2.23. The molecule has 1 unspecified atom stereocenters. The van der Waals surface area contributed by atoms with Crippen molar-refractivity contribution in [3.05, 3.63) is 63.7 Å². The summed E-state index contributed by atoms with van der Waals surface area (Å²) in [6, 6.07) is 5.91. The standard InChI is InChI=1S/C15H10ClF2NO2/c16-12-6-13-7(4-14(20)19-13)3-11(12)15(21)8-1-9(17)5-10(18)2-8/h1-3,5-6,15,21H,4H2,(H,19,20). The van der Waals surface area contributed by atoms with Gasteiger partial charge in [-0.25, -0.2) is 8.78 Å². The average Bonchev–Trinajstić information content (AvgIpc) is 2.75. The Balaban J connectivity index is 2.04. The van der Waals surface area contributed by atoms with Crippen LogP contribution in [0.4, 0.5) is 14.5 Å². The summed E-state index contributed by atoms with van der Waals surface area (Å²) in [4.78, 5) is 11.3. The van der Waals surface area contributed by atoms with Crippen LogP contribution in [0.1, 0.15) is 22.8 Å². The normalized spacial score (nSPS) is 14.8. The molecule has 108 valence electrons. The van der Waals surface area contributed by atoms with E-state index >= 15 is 0 Å². The highest BCUT2D eigenvalue weighted by Crippen LogP contribution is 2.35. The molecular weight excluding hydrogens is 300 g/mol. The van der Waals surface area contributed by atoms with Crippen molar-refractivity contribution in [3.8, 4) is 0 Å². The summed E-state index contributed by atoms with van der Waals surface area (Å²) in [6.07, 6.45) is -1.09. The van der Waals surface area contributed by atoms with Gasteiger partial charge in [-0.1, -0.05) is 11.6 Å². The SMILES string of the molecule is O=C1Cc2cc(C(O)c3cc(F)cc(F)c3)c(Cl)cc2N1. The summed E-state index contributed by atoms with van der Waals surface area (Å²) in [5.74, 6) is -1.72. The van der Waals surface area contributed by atoms with Gasteiger partial charge in [0.05, 0.1) is 6.42 Å². The molecule has 2 aromatic rings. The monoisotopic (exact) mass is 309 g/mol. The van der Waals surface area contributed by atoms with Crippen LogP contribution >= 0.6 is 11.6 Å². The van der Waals surface area contributed by atoms with E-state index < -0.39 is 17.7 Å². The fourth-order valence-corrected chi connectivity index (χ4v) is 2.66. The lowest BCUT2D eigenvalue weighted by Gasteiger charge is -2.15. The molecule has 0 radical (unpaired) electrons. The molecule has 0 saturated carbocycles. The number of hydrogen-bond donors (Lipinski definition) is 2. The lowest BCUT2D eigenvalue weighted by molar-refractivity contribution is -0.115. The number of nitrogens with one attached hydrogen (secondary N) is 1. The van der Waals surface area contributed by atoms with Gasteiger partial charge in [-0.05, 0) is 35.4 Å². The average molecular weight is 310 g/mol. The maximum Gasteiger partial charge on any atom is 0.228 e. The Hall–Kier alpha value is -1.98. The predicted octanol–water partition coefficient (Wildman–Crippen LogP) is 3.19. The van der Waals surface area contributed by atoms with Crippen LogP contribution in [-0.2, 0) is 11.2 Å². The minimum atomic E-state index is -1.27. The third kappa shape index (κ3) is 2.62. The number of aliphatic hydroxyl groups is 1. The van der Waals surface area contributed by atoms with Crippen molar-refractivity contribution in [2.24, 2.45) is 0 Å². The maximum atomic E-state index is 13.2. The van der Waals surface area contributed by atoms with Crippen LogP contribution < -0.4 is 5.32 Å². The predicted molar refractivity (Wildman–Crippen MR) is 74.2 cm³/mol. The first-order valence-corrected chi connectivity index (χ1v) is 6.58. The smallest absolute Gasteiger partial charge is 0.228 e. The summed E-state index contributed by atoms with van der Waals surface area (Å²) in [5.41, 5.74) is 1.64. The Morgan fingerprint density at radius 3 is 2.48 bits per heavy atom. The first-order valence-electron chi connectivity index (χ1n) is 6.20. The summed E-state index contributed by atoms with van der Waals surface area (Å²) < 4.78 is 26.5. The molecular formula is C15H10ClF2NO2. The number of aliphatic hydroxyl groups excluding tert-OH is 1. The van der Waals surface area contributed by atoms with Crippen LogP contribution in [0.2, 0.25) is 5.02 Å². The van der Waals surface area contributed by atoms with Gasteiger partial charge in [-0.15, -0.1) is 0 Å². The fraction of sp³-hybridized carbons (Fsp3) is 0.133. The number of hydrogen-bond acceptors (Lipinski definition) is 2. The van der Waals surface area contributed by atoms with Crippen LogP contribution in [0.3, 0.4) is 0 Å². The number of rotatable bonds is 2. The number of carbonyl (C=O) groups is 1. The van der Waals surface area contributed by atoms with Crippen LogP contribution in [0, 0.1) is 11.6 Å². The molecule has 0 spiro atoms. The molecule has 1 atom stereocenters. The Bertz CT molecular complexity index is 728. The van der Waals surface area contributed by atoms with E-state index in [0.717, 1.165) is 18.2 Å². The number of fused-ring (bicyclic) bond motifs is 1. The van der Waals surface area contributed by atoms with Gasteiger partial charge in [0.15, 0.2) is 0 Å². The van der Waals surface area contributed by atoms with Crippen LogP contribution in [0.5, 0.6) is 0 Å².